The molecule has 0 radical (unpaired) electrons. The predicted octanol–water partition coefficient (Wildman–Crippen LogP) is 6.75. The van der Waals surface area contributed by atoms with Crippen LogP contribution < -0.4 is 4.74 Å². The Morgan fingerprint density at radius 3 is 2.29 bits per heavy atom. The Hall–Kier alpha value is -2.91. The van der Waals surface area contributed by atoms with Gasteiger partial charge < -0.3 is 14.2 Å². The lowest BCUT2D eigenvalue weighted by molar-refractivity contribution is -0.146. The Bertz CT molecular complexity index is 1080. The van der Waals surface area contributed by atoms with Crippen LogP contribution in [0.2, 0.25) is 0 Å². The minimum atomic E-state index is -4.37. The summed E-state index contributed by atoms with van der Waals surface area (Å²) < 4.78 is 55.0. The standard InChI is InChI=1S/C25H26F3NO4S/c1-4-31-21(14-23(30)32-5-2)17-8-12-20(13-9-17)33-15-22-16(3)29-24(34-22)18-6-10-19(11-7-18)25(26,27)28/h6-13,21H,4-5,14-15H2,1-3H3. The molecule has 0 aliphatic carbocycles. The molecule has 1 unspecified atom stereocenters. The third-order valence-electron chi connectivity index (χ3n) is 5.00. The second-order valence-electron chi connectivity index (χ2n) is 7.41. The van der Waals surface area contributed by atoms with Gasteiger partial charge in [0.15, 0.2) is 0 Å². The molecule has 0 saturated carbocycles. The van der Waals surface area contributed by atoms with E-state index < -0.39 is 17.8 Å². The maximum Gasteiger partial charge on any atom is 0.416 e. The van der Waals surface area contributed by atoms with Crippen LogP contribution in [0.3, 0.4) is 0 Å². The molecule has 3 rings (SSSR count). The van der Waals surface area contributed by atoms with Crippen LogP contribution >= 0.6 is 11.3 Å². The van der Waals surface area contributed by atoms with E-state index >= 15 is 0 Å². The minimum Gasteiger partial charge on any atom is -0.488 e. The topological polar surface area (TPSA) is 57.7 Å². The Kier molecular flexibility index (Phi) is 8.68. The number of rotatable bonds is 10. The molecular formula is C25H26F3NO4S. The maximum atomic E-state index is 12.8. The molecule has 1 atom stereocenters. The molecule has 9 heteroatoms. The van der Waals surface area contributed by atoms with Crippen molar-refractivity contribution in [2.75, 3.05) is 13.2 Å². The predicted molar refractivity (Wildman–Crippen MR) is 124 cm³/mol. The van der Waals surface area contributed by atoms with Crippen molar-refractivity contribution in [2.24, 2.45) is 0 Å². The highest BCUT2D eigenvalue weighted by molar-refractivity contribution is 7.15. The average molecular weight is 494 g/mol. The zero-order valence-corrected chi connectivity index (χ0v) is 20.0. The summed E-state index contributed by atoms with van der Waals surface area (Å²) in [6, 6.07) is 12.3. The van der Waals surface area contributed by atoms with Crippen LogP contribution in [0, 0.1) is 6.92 Å². The molecule has 5 nitrogen and oxygen atoms in total. The van der Waals surface area contributed by atoms with Gasteiger partial charge in [-0.05, 0) is 50.6 Å². The molecule has 0 N–H and O–H groups in total. The van der Waals surface area contributed by atoms with Gasteiger partial charge in [-0.3, -0.25) is 4.79 Å². The minimum absolute atomic E-state index is 0.134. The molecule has 182 valence electrons. The van der Waals surface area contributed by atoms with Crippen LogP contribution in [0.25, 0.3) is 10.6 Å². The second-order valence-corrected chi connectivity index (χ2v) is 8.50. The quantitative estimate of drug-likeness (QED) is 0.293. The van der Waals surface area contributed by atoms with Crippen molar-refractivity contribution in [3.05, 3.63) is 70.2 Å². The first-order valence-electron chi connectivity index (χ1n) is 10.8. The highest BCUT2D eigenvalue weighted by Gasteiger charge is 2.30. The monoisotopic (exact) mass is 493 g/mol. The van der Waals surface area contributed by atoms with Crippen LogP contribution in [0.15, 0.2) is 48.5 Å². The summed E-state index contributed by atoms with van der Waals surface area (Å²) in [5.74, 6) is 0.324. The SMILES string of the molecule is CCOC(=O)CC(OCC)c1ccc(OCc2sc(-c3ccc(C(F)(F)F)cc3)nc2C)cc1. The molecule has 0 bridgehead atoms. The van der Waals surface area contributed by atoms with Gasteiger partial charge in [-0.25, -0.2) is 4.98 Å². The molecular weight excluding hydrogens is 467 g/mol. The van der Waals surface area contributed by atoms with E-state index in [1.807, 2.05) is 26.0 Å². The first kappa shape index (κ1) is 25.7. The average Bonchev–Trinajstić information content (AvgIpc) is 3.18. The molecule has 0 saturated heterocycles. The largest absolute Gasteiger partial charge is 0.488 e. The fourth-order valence-corrected chi connectivity index (χ4v) is 4.24. The maximum absolute atomic E-state index is 12.8. The van der Waals surface area contributed by atoms with E-state index in [1.165, 1.54) is 23.5 Å². The second kappa shape index (κ2) is 11.5. The highest BCUT2D eigenvalue weighted by Crippen LogP contribution is 2.33. The van der Waals surface area contributed by atoms with Gasteiger partial charge in [0.1, 0.15) is 17.4 Å². The van der Waals surface area contributed by atoms with Gasteiger partial charge in [-0.15, -0.1) is 11.3 Å². The van der Waals surface area contributed by atoms with Crippen molar-refractivity contribution >= 4 is 17.3 Å². The summed E-state index contributed by atoms with van der Waals surface area (Å²) in [6.07, 6.45) is -4.63. The van der Waals surface area contributed by atoms with Crippen molar-refractivity contribution < 1.29 is 32.2 Å². The number of alkyl halides is 3. The summed E-state index contributed by atoms with van der Waals surface area (Å²) >= 11 is 1.38. The number of hydrogen-bond donors (Lipinski definition) is 0. The zero-order chi connectivity index (χ0) is 24.7. The van der Waals surface area contributed by atoms with Gasteiger partial charge in [0.25, 0.3) is 0 Å². The van der Waals surface area contributed by atoms with Crippen molar-refractivity contribution in [1.29, 1.82) is 0 Å². The number of hydrogen-bond acceptors (Lipinski definition) is 6. The van der Waals surface area contributed by atoms with Crippen LogP contribution in [0.1, 0.15) is 48.1 Å². The summed E-state index contributed by atoms with van der Waals surface area (Å²) in [5.41, 5.74) is 1.55. The summed E-state index contributed by atoms with van der Waals surface area (Å²) in [5, 5.41) is 0.638. The number of ether oxygens (including phenoxy) is 3. The fraction of sp³-hybridized carbons (Fsp3) is 0.360. The number of nitrogens with zero attached hydrogens (tertiary/aromatic N) is 1. The van der Waals surface area contributed by atoms with E-state index in [2.05, 4.69) is 4.98 Å². The molecule has 0 aliphatic rings. The van der Waals surface area contributed by atoms with Crippen molar-refractivity contribution in [3.63, 3.8) is 0 Å². The molecule has 0 fully saturated rings. The molecule has 0 spiro atoms. The molecule has 34 heavy (non-hydrogen) atoms. The number of aromatic nitrogens is 1. The van der Waals surface area contributed by atoms with E-state index in [0.29, 0.717) is 29.5 Å². The normalized spacial score (nSPS) is 12.4. The Morgan fingerprint density at radius 2 is 1.71 bits per heavy atom. The lowest BCUT2D eigenvalue weighted by Crippen LogP contribution is -2.13. The van der Waals surface area contributed by atoms with Crippen LogP contribution in [-0.2, 0) is 27.1 Å². The first-order valence-corrected chi connectivity index (χ1v) is 11.7. The smallest absolute Gasteiger partial charge is 0.416 e. The number of esters is 1. The summed E-state index contributed by atoms with van der Waals surface area (Å²) in [6.45, 7) is 6.54. The van der Waals surface area contributed by atoms with Crippen LogP contribution in [0.4, 0.5) is 13.2 Å². The van der Waals surface area contributed by atoms with E-state index in [0.717, 1.165) is 28.3 Å². The van der Waals surface area contributed by atoms with Gasteiger partial charge in [-0.2, -0.15) is 13.2 Å². The first-order chi connectivity index (χ1) is 16.2. The Labute approximate surface area is 200 Å². The number of carbonyl (C=O) groups excluding carboxylic acids is 1. The van der Waals surface area contributed by atoms with E-state index in [4.69, 9.17) is 14.2 Å². The number of halogens is 3. The van der Waals surface area contributed by atoms with E-state index in [1.54, 1.807) is 19.1 Å². The van der Waals surface area contributed by atoms with E-state index in [9.17, 15) is 18.0 Å². The van der Waals surface area contributed by atoms with Gasteiger partial charge in [0.05, 0.1) is 35.3 Å². The van der Waals surface area contributed by atoms with Gasteiger partial charge >= 0.3 is 12.1 Å². The molecule has 0 aliphatic heterocycles. The molecule has 1 heterocycles. The molecule has 0 amide bonds. The Morgan fingerprint density at radius 1 is 1.03 bits per heavy atom. The van der Waals surface area contributed by atoms with Crippen LogP contribution in [-0.4, -0.2) is 24.2 Å². The zero-order valence-electron chi connectivity index (χ0n) is 19.1. The van der Waals surface area contributed by atoms with Gasteiger partial charge in [-0.1, -0.05) is 24.3 Å². The number of aryl methyl sites for hydroxylation is 1. The number of thiazole rings is 1. The lowest BCUT2D eigenvalue weighted by Gasteiger charge is -2.17. The summed E-state index contributed by atoms with van der Waals surface area (Å²) in [7, 11) is 0. The molecule has 2 aromatic carbocycles. The molecule has 1 aromatic heterocycles. The van der Waals surface area contributed by atoms with Crippen molar-refractivity contribution in [3.8, 4) is 16.3 Å². The summed E-state index contributed by atoms with van der Waals surface area (Å²) in [4.78, 5) is 17.2. The third-order valence-corrected chi connectivity index (χ3v) is 6.18. The van der Waals surface area contributed by atoms with Crippen molar-refractivity contribution in [2.45, 2.75) is 46.1 Å². The third kappa shape index (κ3) is 6.80. The highest BCUT2D eigenvalue weighted by atomic mass is 32.1. The van der Waals surface area contributed by atoms with Crippen molar-refractivity contribution in [1.82, 2.24) is 4.98 Å². The number of carbonyl (C=O) groups is 1. The lowest BCUT2D eigenvalue weighted by atomic mass is 10.1. The van der Waals surface area contributed by atoms with Gasteiger partial charge in [0.2, 0.25) is 0 Å². The Balaban J connectivity index is 1.64. The molecule has 3 aromatic rings. The number of benzene rings is 2. The van der Waals surface area contributed by atoms with Gasteiger partial charge in [0, 0.05) is 12.2 Å². The fourth-order valence-electron chi connectivity index (χ4n) is 3.26. The van der Waals surface area contributed by atoms with E-state index in [-0.39, 0.29) is 19.0 Å². The van der Waals surface area contributed by atoms with Crippen LogP contribution in [0.5, 0.6) is 5.75 Å².